The van der Waals surface area contributed by atoms with E-state index < -0.39 is 0 Å². The summed E-state index contributed by atoms with van der Waals surface area (Å²) in [5, 5.41) is 0. The highest BCUT2D eigenvalue weighted by Crippen LogP contribution is 2.54. The molecule has 0 heterocycles. The summed E-state index contributed by atoms with van der Waals surface area (Å²) in [7, 11) is 0. The van der Waals surface area contributed by atoms with E-state index >= 15 is 0 Å². The number of fused-ring (bicyclic) bond motifs is 3. The van der Waals surface area contributed by atoms with E-state index in [0.717, 1.165) is 17.1 Å². The Morgan fingerprint density at radius 2 is 0.859 bits per heavy atom. The van der Waals surface area contributed by atoms with Crippen LogP contribution in [0, 0.1) is 0 Å². The quantitative estimate of drug-likeness (QED) is 0.140. The van der Waals surface area contributed by atoms with Crippen LogP contribution in [0.15, 0.2) is 218 Å². The van der Waals surface area contributed by atoms with Crippen molar-refractivity contribution in [1.29, 1.82) is 0 Å². The molecular weight excluding hydrogens is 771 g/mol. The first-order valence-electron chi connectivity index (χ1n) is 23.2. The highest BCUT2D eigenvalue weighted by atomic mass is 15.1. The van der Waals surface area contributed by atoms with Crippen molar-refractivity contribution in [1.82, 2.24) is 0 Å². The number of rotatable bonds is 9. The van der Waals surface area contributed by atoms with Crippen LogP contribution in [0.3, 0.4) is 0 Å². The fraction of sp³-hybridized carbons (Fsp3) is 0.143. The van der Waals surface area contributed by atoms with Crippen LogP contribution >= 0.6 is 0 Å². The van der Waals surface area contributed by atoms with Gasteiger partial charge in [0.05, 0.1) is 5.69 Å². The normalized spacial score (nSPS) is 14.2. The van der Waals surface area contributed by atoms with Crippen molar-refractivity contribution in [3.8, 4) is 66.8 Å². The molecule has 0 amide bonds. The zero-order valence-corrected chi connectivity index (χ0v) is 36.8. The number of para-hydroxylation sites is 1. The van der Waals surface area contributed by atoms with Crippen LogP contribution in [0.25, 0.3) is 66.8 Å². The summed E-state index contributed by atoms with van der Waals surface area (Å²) in [6.45, 7) is 4.78. The van der Waals surface area contributed by atoms with Gasteiger partial charge in [-0.05, 0) is 127 Å². The van der Waals surface area contributed by atoms with Crippen molar-refractivity contribution in [2.75, 3.05) is 4.90 Å². The smallest absolute Gasteiger partial charge is 0.0540 e. The highest BCUT2D eigenvalue weighted by Gasteiger charge is 2.37. The Balaban J connectivity index is 1.06. The fourth-order valence-electron chi connectivity index (χ4n) is 10.8. The van der Waals surface area contributed by atoms with Crippen LogP contribution < -0.4 is 4.90 Å². The van der Waals surface area contributed by atoms with E-state index in [1.54, 1.807) is 0 Å². The van der Waals surface area contributed by atoms with Crippen molar-refractivity contribution in [3.63, 3.8) is 0 Å². The van der Waals surface area contributed by atoms with Gasteiger partial charge in [0.15, 0.2) is 0 Å². The van der Waals surface area contributed by atoms with Crippen LogP contribution in [0.1, 0.15) is 68.6 Å². The second-order valence-electron chi connectivity index (χ2n) is 18.3. The summed E-state index contributed by atoms with van der Waals surface area (Å²) in [4.78, 5) is 2.49. The summed E-state index contributed by atoms with van der Waals surface area (Å²) in [6, 6.07) is 81.1. The summed E-state index contributed by atoms with van der Waals surface area (Å²) in [6.07, 6.45) is 6.71. The molecule has 0 spiro atoms. The molecule has 0 atom stereocenters. The molecule has 310 valence electrons. The Labute approximate surface area is 379 Å². The van der Waals surface area contributed by atoms with Gasteiger partial charge in [-0.2, -0.15) is 0 Å². The maximum absolute atomic E-state index is 2.49. The van der Waals surface area contributed by atoms with Gasteiger partial charge in [-0.25, -0.2) is 0 Å². The Kier molecular flexibility index (Phi) is 10.4. The number of nitrogens with zero attached hydrogens (tertiary/aromatic N) is 1. The van der Waals surface area contributed by atoms with Gasteiger partial charge in [0.25, 0.3) is 0 Å². The van der Waals surface area contributed by atoms with Crippen LogP contribution in [0.5, 0.6) is 0 Å². The average Bonchev–Trinajstić information content (AvgIpc) is 3.60. The molecule has 0 unspecified atom stereocenters. The van der Waals surface area contributed by atoms with E-state index in [4.69, 9.17) is 0 Å². The fourth-order valence-corrected chi connectivity index (χ4v) is 10.8. The number of hydrogen-bond donors (Lipinski definition) is 0. The van der Waals surface area contributed by atoms with Gasteiger partial charge < -0.3 is 4.90 Å². The lowest BCUT2D eigenvalue weighted by Gasteiger charge is -2.30. The Morgan fingerprint density at radius 1 is 0.359 bits per heavy atom. The molecule has 9 aromatic carbocycles. The summed E-state index contributed by atoms with van der Waals surface area (Å²) in [5.41, 5.74) is 22.3. The first-order valence-corrected chi connectivity index (χ1v) is 23.2. The molecule has 9 aromatic rings. The van der Waals surface area contributed by atoms with E-state index in [1.165, 1.54) is 116 Å². The molecule has 1 saturated carbocycles. The average molecular weight is 824 g/mol. The van der Waals surface area contributed by atoms with E-state index in [2.05, 4.69) is 237 Å². The lowest BCUT2D eigenvalue weighted by Crippen LogP contribution is -2.17. The molecule has 11 rings (SSSR count). The minimum absolute atomic E-state index is 0.196. The van der Waals surface area contributed by atoms with Crippen LogP contribution in [0.2, 0.25) is 0 Å². The summed E-state index contributed by atoms with van der Waals surface area (Å²) >= 11 is 0. The van der Waals surface area contributed by atoms with E-state index in [-0.39, 0.29) is 5.41 Å². The minimum atomic E-state index is -0.196. The van der Waals surface area contributed by atoms with Crippen LogP contribution in [-0.4, -0.2) is 0 Å². The van der Waals surface area contributed by atoms with Crippen molar-refractivity contribution >= 4 is 17.1 Å². The first-order chi connectivity index (χ1) is 31.5. The van der Waals surface area contributed by atoms with Crippen molar-refractivity contribution in [2.24, 2.45) is 0 Å². The minimum Gasteiger partial charge on any atom is -0.310 e. The lowest BCUT2D eigenvalue weighted by atomic mass is 9.81. The predicted octanol–water partition coefficient (Wildman–Crippen LogP) is 17.8. The zero-order valence-electron chi connectivity index (χ0n) is 36.8. The molecule has 0 N–H and O–H groups in total. The van der Waals surface area contributed by atoms with Gasteiger partial charge in [-0.15, -0.1) is 0 Å². The highest BCUT2D eigenvalue weighted by molar-refractivity contribution is 5.98. The van der Waals surface area contributed by atoms with E-state index in [9.17, 15) is 0 Å². The molecule has 0 aliphatic heterocycles. The first kappa shape index (κ1) is 39.6. The molecule has 2 aliphatic carbocycles. The van der Waals surface area contributed by atoms with Crippen molar-refractivity contribution < 1.29 is 0 Å². The second kappa shape index (κ2) is 16.8. The van der Waals surface area contributed by atoms with E-state index in [1.807, 2.05) is 0 Å². The number of anilines is 3. The Morgan fingerprint density at radius 3 is 1.52 bits per heavy atom. The third-order valence-corrected chi connectivity index (χ3v) is 14.1. The van der Waals surface area contributed by atoms with Crippen LogP contribution in [0.4, 0.5) is 17.1 Å². The third kappa shape index (κ3) is 7.16. The molecule has 2 aliphatic rings. The molecule has 0 radical (unpaired) electrons. The molecule has 0 aromatic heterocycles. The second-order valence-corrected chi connectivity index (χ2v) is 18.3. The van der Waals surface area contributed by atoms with Gasteiger partial charge >= 0.3 is 0 Å². The maximum Gasteiger partial charge on any atom is 0.0540 e. The molecule has 0 saturated heterocycles. The van der Waals surface area contributed by atoms with Crippen LogP contribution in [-0.2, 0) is 5.41 Å². The van der Waals surface area contributed by atoms with Crippen molar-refractivity contribution in [2.45, 2.75) is 57.3 Å². The van der Waals surface area contributed by atoms with Gasteiger partial charge in [-0.3, -0.25) is 0 Å². The molecular formula is C63H53N. The molecule has 0 bridgehead atoms. The standard InChI is InChI=1S/C63H53N/c1-63(2)59-31-18-30-53(49-23-10-5-11-24-49)62(59)58-42-41-51(43-60(58)63)64(50-39-37-47(38-40-50)46-35-33-45(34-36-46)44-19-6-3-7-20-44)61-32-17-16-29-57(61)56-28-15-14-27-55(56)54-26-13-12-25-52(54)48-21-8-4-9-22-48/h4-5,8-18,21-44H,3,6-7,19-20H2,1-2H3. The maximum atomic E-state index is 2.49. The lowest BCUT2D eigenvalue weighted by molar-refractivity contribution is 0.443. The molecule has 1 fully saturated rings. The van der Waals surface area contributed by atoms with Gasteiger partial charge in [0.1, 0.15) is 0 Å². The molecule has 1 heteroatoms. The zero-order chi connectivity index (χ0) is 43.0. The third-order valence-electron chi connectivity index (χ3n) is 14.1. The Bertz CT molecular complexity index is 3080. The predicted molar refractivity (Wildman–Crippen MR) is 272 cm³/mol. The van der Waals surface area contributed by atoms with Crippen molar-refractivity contribution in [3.05, 3.63) is 235 Å². The molecule has 64 heavy (non-hydrogen) atoms. The monoisotopic (exact) mass is 823 g/mol. The van der Waals surface area contributed by atoms with Gasteiger partial charge in [-0.1, -0.05) is 221 Å². The topological polar surface area (TPSA) is 3.24 Å². The SMILES string of the molecule is CC1(C)c2cc(N(c3ccc(-c4ccc(C5CCCCC5)cc4)cc3)c3ccccc3-c3ccccc3-c3ccccc3-c3ccccc3)ccc2-c2c(-c3ccccc3)cccc21. The summed E-state index contributed by atoms with van der Waals surface area (Å²) in [5.74, 6) is 0.700. The largest absolute Gasteiger partial charge is 0.310 e. The Hall–Kier alpha value is -7.22. The summed E-state index contributed by atoms with van der Waals surface area (Å²) < 4.78 is 0. The number of benzene rings is 9. The van der Waals surface area contributed by atoms with Gasteiger partial charge in [0.2, 0.25) is 0 Å². The van der Waals surface area contributed by atoms with E-state index in [0.29, 0.717) is 5.92 Å². The number of hydrogen-bond acceptors (Lipinski definition) is 1. The van der Waals surface area contributed by atoms with Gasteiger partial charge in [0, 0.05) is 22.4 Å². The molecule has 1 nitrogen and oxygen atoms in total.